The number of carbonyl (C=O) groups is 2. The first-order chi connectivity index (χ1) is 17.8. The molecular weight excluding hydrogens is 519 g/mol. The molecule has 0 bridgehead atoms. The van der Waals surface area contributed by atoms with E-state index in [1.807, 2.05) is 57.8 Å². The molecule has 6 nitrogen and oxygen atoms in total. The molecule has 206 valence electrons. The minimum atomic E-state index is -5.11. The molecule has 0 aliphatic heterocycles. The fourth-order valence-electron chi connectivity index (χ4n) is 4.60. The van der Waals surface area contributed by atoms with Crippen molar-refractivity contribution in [2.24, 2.45) is 0 Å². The zero-order valence-corrected chi connectivity index (χ0v) is 22.8. The molecule has 38 heavy (non-hydrogen) atoms. The summed E-state index contributed by atoms with van der Waals surface area (Å²) in [5, 5.41) is 4.39. The maximum absolute atomic E-state index is 13.3. The Hall–Kier alpha value is -3.04. The first-order valence-electron chi connectivity index (χ1n) is 12.5. The van der Waals surface area contributed by atoms with Crippen LogP contribution in [0.2, 0.25) is 5.02 Å². The molecule has 0 aliphatic carbocycles. The van der Waals surface area contributed by atoms with Gasteiger partial charge in [-0.15, -0.1) is 0 Å². The zero-order valence-electron chi connectivity index (χ0n) is 22.0. The molecule has 0 fully saturated rings. The standard InChI is InChI=1S/C28H33ClF3N3O3/c1-16(2)35(17(3)4)26(36)23-11-7-10-22-20(14-34-25(22)23)12-18(5)33-15-24(38-27(37)28(30,31)32)19-8-6-9-21(29)13-19/h6-11,13-14,16-18,24,33-34H,12,15H2,1-5H3/t18-,24+/m1/s1. The van der Waals surface area contributed by atoms with Crippen LogP contribution < -0.4 is 5.32 Å². The second-order valence-corrected chi connectivity index (χ2v) is 10.3. The van der Waals surface area contributed by atoms with Crippen LogP contribution in [0.3, 0.4) is 0 Å². The predicted molar refractivity (Wildman–Crippen MR) is 142 cm³/mol. The third-order valence-electron chi connectivity index (χ3n) is 6.26. The number of hydrogen-bond acceptors (Lipinski definition) is 4. The zero-order chi connectivity index (χ0) is 28.2. The summed E-state index contributed by atoms with van der Waals surface area (Å²) in [4.78, 5) is 29.9. The number of halogens is 4. The van der Waals surface area contributed by atoms with Gasteiger partial charge in [-0.25, -0.2) is 4.79 Å². The molecule has 1 amide bonds. The minimum Gasteiger partial charge on any atom is -0.449 e. The number of H-pyrrole nitrogens is 1. The molecule has 1 heterocycles. The molecule has 1 aromatic heterocycles. The number of amides is 1. The van der Waals surface area contributed by atoms with E-state index in [0.717, 1.165) is 16.5 Å². The van der Waals surface area contributed by atoms with Crippen molar-refractivity contribution >= 4 is 34.4 Å². The van der Waals surface area contributed by atoms with E-state index >= 15 is 0 Å². The number of esters is 1. The number of nitrogens with one attached hydrogen (secondary N) is 2. The van der Waals surface area contributed by atoms with E-state index in [-0.39, 0.29) is 30.6 Å². The predicted octanol–water partition coefficient (Wildman–Crippen LogP) is 6.45. The summed E-state index contributed by atoms with van der Waals surface area (Å²) >= 11 is 6.00. The van der Waals surface area contributed by atoms with Gasteiger partial charge in [-0.1, -0.05) is 35.9 Å². The highest BCUT2D eigenvalue weighted by Gasteiger charge is 2.42. The highest BCUT2D eigenvalue weighted by Crippen LogP contribution is 2.27. The number of alkyl halides is 3. The Balaban J connectivity index is 1.77. The number of benzene rings is 2. The summed E-state index contributed by atoms with van der Waals surface area (Å²) < 4.78 is 43.4. The Kier molecular flexibility index (Phi) is 9.49. The van der Waals surface area contributed by atoms with E-state index in [0.29, 0.717) is 22.6 Å². The summed E-state index contributed by atoms with van der Waals surface area (Å²) in [6, 6.07) is 11.7. The van der Waals surface area contributed by atoms with Crippen LogP contribution in [-0.2, 0) is 16.0 Å². The number of nitrogens with zero attached hydrogens (tertiary/aromatic N) is 1. The van der Waals surface area contributed by atoms with Gasteiger partial charge in [0.2, 0.25) is 0 Å². The summed E-state index contributed by atoms with van der Waals surface area (Å²) in [6.07, 6.45) is -3.93. The van der Waals surface area contributed by atoms with Crippen molar-refractivity contribution in [2.75, 3.05) is 6.54 Å². The quantitative estimate of drug-likeness (QED) is 0.284. The molecule has 0 unspecified atom stereocenters. The third kappa shape index (κ3) is 7.08. The molecule has 3 aromatic rings. The average molecular weight is 552 g/mol. The van der Waals surface area contributed by atoms with Crippen LogP contribution in [0, 0.1) is 0 Å². The van der Waals surface area contributed by atoms with Gasteiger partial charge in [-0.2, -0.15) is 13.2 Å². The molecule has 0 aliphatic rings. The van der Waals surface area contributed by atoms with Crippen LogP contribution in [0.4, 0.5) is 13.2 Å². The van der Waals surface area contributed by atoms with E-state index in [2.05, 4.69) is 10.3 Å². The van der Waals surface area contributed by atoms with Crippen LogP contribution in [0.25, 0.3) is 10.9 Å². The van der Waals surface area contributed by atoms with Crippen molar-refractivity contribution in [1.82, 2.24) is 15.2 Å². The maximum Gasteiger partial charge on any atom is 0.490 e. The number of aromatic amines is 1. The van der Waals surface area contributed by atoms with Crippen molar-refractivity contribution in [3.63, 3.8) is 0 Å². The van der Waals surface area contributed by atoms with Crippen molar-refractivity contribution in [1.29, 1.82) is 0 Å². The van der Waals surface area contributed by atoms with Gasteiger partial charge in [-0.05, 0) is 70.4 Å². The van der Waals surface area contributed by atoms with Gasteiger partial charge in [0.1, 0.15) is 6.10 Å². The van der Waals surface area contributed by atoms with Gasteiger partial charge in [0.15, 0.2) is 0 Å². The van der Waals surface area contributed by atoms with Crippen molar-refractivity contribution in [3.8, 4) is 0 Å². The molecule has 2 N–H and O–H groups in total. The molecule has 2 atom stereocenters. The number of carbonyl (C=O) groups excluding carboxylic acids is 2. The number of para-hydroxylation sites is 1. The van der Waals surface area contributed by atoms with Gasteiger partial charge in [-0.3, -0.25) is 4.79 Å². The molecular formula is C28H33ClF3N3O3. The summed E-state index contributed by atoms with van der Waals surface area (Å²) in [5.74, 6) is -2.32. The van der Waals surface area contributed by atoms with Crippen LogP contribution in [-0.4, -0.2) is 52.6 Å². The number of fused-ring (bicyclic) bond motifs is 1. The van der Waals surface area contributed by atoms with Crippen molar-refractivity contribution in [2.45, 2.75) is 71.4 Å². The lowest BCUT2D eigenvalue weighted by Gasteiger charge is -2.31. The molecule has 0 saturated heterocycles. The summed E-state index contributed by atoms with van der Waals surface area (Å²) in [7, 11) is 0. The Bertz CT molecular complexity index is 1260. The van der Waals surface area contributed by atoms with Gasteiger partial charge < -0.3 is 19.9 Å². The van der Waals surface area contributed by atoms with Gasteiger partial charge in [0.25, 0.3) is 5.91 Å². The molecule has 0 spiro atoms. The molecule has 3 rings (SSSR count). The van der Waals surface area contributed by atoms with Crippen molar-refractivity contribution < 1.29 is 27.5 Å². The van der Waals surface area contributed by atoms with Crippen molar-refractivity contribution in [3.05, 3.63) is 70.4 Å². The lowest BCUT2D eigenvalue weighted by molar-refractivity contribution is -0.205. The summed E-state index contributed by atoms with van der Waals surface area (Å²) in [5.41, 5.74) is 2.62. The fourth-order valence-corrected chi connectivity index (χ4v) is 4.80. The van der Waals surface area contributed by atoms with Crippen LogP contribution in [0.5, 0.6) is 0 Å². The normalized spacial score (nSPS) is 13.7. The van der Waals surface area contributed by atoms with Crippen LogP contribution >= 0.6 is 11.6 Å². The fraction of sp³-hybridized carbons (Fsp3) is 0.429. The van der Waals surface area contributed by atoms with E-state index < -0.39 is 18.2 Å². The maximum atomic E-state index is 13.3. The highest BCUT2D eigenvalue weighted by molar-refractivity contribution is 6.30. The smallest absolute Gasteiger partial charge is 0.449 e. The second-order valence-electron chi connectivity index (χ2n) is 9.90. The lowest BCUT2D eigenvalue weighted by atomic mass is 10.0. The second kappa shape index (κ2) is 12.2. The number of aromatic nitrogens is 1. The summed E-state index contributed by atoms with van der Waals surface area (Å²) in [6.45, 7) is 9.76. The Morgan fingerprint density at radius 2 is 1.71 bits per heavy atom. The van der Waals surface area contributed by atoms with E-state index in [1.54, 1.807) is 24.3 Å². The van der Waals surface area contributed by atoms with Gasteiger partial charge in [0, 0.05) is 41.3 Å². The van der Waals surface area contributed by atoms with E-state index in [4.69, 9.17) is 16.3 Å². The van der Waals surface area contributed by atoms with Gasteiger partial charge >= 0.3 is 12.1 Å². The van der Waals surface area contributed by atoms with E-state index in [1.165, 1.54) is 6.07 Å². The Morgan fingerprint density at radius 3 is 2.32 bits per heavy atom. The number of ether oxygens (including phenoxy) is 1. The Labute approximate surface area is 225 Å². The molecule has 0 radical (unpaired) electrons. The largest absolute Gasteiger partial charge is 0.490 e. The van der Waals surface area contributed by atoms with E-state index in [9.17, 15) is 22.8 Å². The topological polar surface area (TPSA) is 74.4 Å². The molecule has 10 heteroatoms. The number of rotatable bonds is 10. The van der Waals surface area contributed by atoms with Crippen LogP contribution in [0.15, 0.2) is 48.7 Å². The highest BCUT2D eigenvalue weighted by atomic mass is 35.5. The Morgan fingerprint density at radius 1 is 1.05 bits per heavy atom. The molecule has 2 aromatic carbocycles. The number of hydrogen-bond donors (Lipinski definition) is 2. The molecule has 0 saturated carbocycles. The van der Waals surface area contributed by atoms with Crippen LogP contribution in [0.1, 0.15) is 62.2 Å². The first kappa shape index (κ1) is 29.5. The minimum absolute atomic E-state index is 0.0373. The van der Waals surface area contributed by atoms with Gasteiger partial charge in [0.05, 0.1) is 11.1 Å². The average Bonchev–Trinajstić information content (AvgIpc) is 3.23. The monoisotopic (exact) mass is 551 g/mol. The third-order valence-corrected chi connectivity index (χ3v) is 6.49. The lowest BCUT2D eigenvalue weighted by Crippen LogP contribution is -2.42. The SMILES string of the molecule is CC(C)N(C(=O)c1cccc2c(C[C@@H](C)NC[C@H](OC(=O)C(F)(F)F)c3cccc(Cl)c3)c[nH]c12)C(C)C. The first-order valence-corrected chi connectivity index (χ1v) is 12.9.